The highest BCUT2D eigenvalue weighted by Gasteiger charge is 2.40. The van der Waals surface area contributed by atoms with Crippen LogP contribution in [0.3, 0.4) is 0 Å². The van der Waals surface area contributed by atoms with Gasteiger partial charge in [0.05, 0.1) is 26.7 Å². The van der Waals surface area contributed by atoms with Crippen molar-refractivity contribution in [3.8, 4) is 17.0 Å². The number of fused-ring (bicyclic) bond motifs is 1. The van der Waals surface area contributed by atoms with E-state index in [9.17, 15) is 0 Å². The molecule has 1 aromatic carbocycles. The van der Waals surface area contributed by atoms with E-state index in [0.717, 1.165) is 55.7 Å². The van der Waals surface area contributed by atoms with Crippen LogP contribution in [0.5, 0.6) is 5.75 Å². The summed E-state index contributed by atoms with van der Waals surface area (Å²) in [6, 6.07) is 7.23. The van der Waals surface area contributed by atoms with Gasteiger partial charge in [0.15, 0.2) is 6.23 Å². The average molecular weight is 626 g/mol. The van der Waals surface area contributed by atoms with Crippen LogP contribution in [0.15, 0.2) is 42.9 Å². The van der Waals surface area contributed by atoms with Crippen molar-refractivity contribution in [3.63, 3.8) is 0 Å². The van der Waals surface area contributed by atoms with Crippen molar-refractivity contribution in [3.05, 3.63) is 64.3 Å². The number of anilines is 1. The smallest absolute Gasteiger partial charge is 0.150 e. The Morgan fingerprint density at radius 3 is 2.60 bits per heavy atom. The van der Waals surface area contributed by atoms with Crippen molar-refractivity contribution in [2.45, 2.75) is 63.8 Å². The summed E-state index contributed by atoms with van der Waals surface area (Å²) < 4.78 is 30.1. The predicted octanol–water partition coefficient (Wildman–Crippen LogP) is 7.36. The van der Waals surface area contributed by atoms with Crippen molar-refractivity contribution in [1.82, 2.24) is 25.1 Å². The molecule has 1 N–H and O–H groups in total. The van der Waals surface area contributed by atoms with Gasteiger partial charge in [0, 0.05) is 55.3 Å². The lowest BCUT2D eigenvalue weighted by Gasteiger charge is -2.49. The molecule has 43 heavy (non-hydrogen) atoms. The normalized spacial score (nSPS) is 20.7. The molecular formula is C32H35Cl2FN6O2. The van der Waals surface area contributed by atoms with Crippen LogP contribution >= 0.6 is 23.2 Å². The molecule has 226 valence electrons. The summed E-state index contributed by atoms with van der Waals surface area (Å²) in [5.74, 6) is 1.67. The molecule has 0 radical (unpaired) electrons. The highest BCUT2D eigenvalue weighted by molar-refractivity contribution is 6.35. The summed E-state index contributed by atoms with van der Waals surface area (Å²) in [5.41, 5.74) is 2.36. The van der Waals surface area contributed by atoms with Crippen LogP contribution < -0.4 is 15.0 Å². The molecule has 1 aliphatic carbocycles. The summed E-state index contributed by atoms with van der Waals surface area (Å²) in [6.45, 7) is 7.42. The van der Waals surface area contributed by atoms with Gasteiger partial charge in [-0.3, -0.25) is 4.98 Å². The minimum Gasteiger partial charge on any atom is -0.486 e. The third-order valence-corrected chi connectivity index (χ3v) is 9.33. The molecule has 3 fully saturated rings. The second kappa shape index (κ2) is 11.5. The summed E-state index contributed by atoms with van der Waals surface area (Å²) in [4.78, 5) is 10.8. The van der Waals surface area contributed by atoms with E-state index in [1.54, 1.807) is 18.6 Å². The first-order valence-corrected chi connectivity index (χ1v) is 15.8. The van der Waals surface area contributed by atoms with Gasteiger partial charge in [-0.15, -0.1) is 0 Å². The van der Waals surface area contributed by atoms with Crippen molar-refractivity contribution >= 4 is 39.9 Å². The number of benzene rings is 1. The fraction of sp³-hybridized carbons (Fsp3) is 0.469. The summed E-state index contributed by atoms with van der Waals surface area (Å²) in [6.07, 6.45) is 9.56. The molecule has 0 amide bonds. The maximum atomic E-state index is 15.9. The van der Waals surface area contributed by atoms with E-state index < -0.39 is 6.10 Å². The van der Waals surface area contributed by atoms with E-state index in [1.807, 2.05) is 29.8 Å². The van der Waals surface area contributed by atoms with Crippen LogP contribution in [0, 0.1) is 11.7 Å². The molecule has 1 saturated carbocycles. The van der Waals surface area contributed by atoms with Crippen LogP contribution in [-0.2, 0) is 4.74 Å². The van der Waals surface area contributed by atoms with Gasteiger partial charge in [-0.1, -0.05) is 23.2 Å². The molecule has 8 nitrogen and oxygen atoms in total. The second-order valence-corrected chi connectivity index (χ2v) is 13.1. The second-order valence-electron chi connectivity index (χ2n) is 12.3. The molecule has 3 aromatic heterocycles. The molecule has 11 heteroatoms. The molecule has 1 unspecified atom stereocenters. The maximum Gasteiger partial charge on any atom is 0.150 e. The predicted molar refractivity (Wildman–Crippen MR) is 166 cm³/mol. The Labute approximate surface area is 260 Å². The molecule has 0 spiro atoms. The minimum absolute atomic E-state index is 0.0344. The van der Waals surface area contributed by atoms with Gasteiger partial charge in [0.1, 0.15) is 29.2 Å². The van der Waals surface area contributed by atoms with E-state index in [0.29, 0.717) is 45.0 Å². The molecule has 5 heterocycles. The number of nitrogens with zero attached hydrogens (tertiary/aromatic N) is 5. The largest absolute Gasteiger partial charge is 0.486 e. The van der Waals surface area contributed by atoms with Crippen LogP contribution in [0.25, 0.3) is 22.2 Å². The first-order valence-electron chi connectivity index (χ1n) is 15.0. The Kier molecular flexibility index (Phi) is 7.70. The number of rotatable bonds is 9. The summed E-state index contributed by atoms with van der Waals surface area (Å²) >= 11 is 12.8. The Bertz CT molecular complexity index is 1630. The fourth-order valence-corrected chi connectivity index (χ4v) is 6.82. The van der Waals surface area contributed by atoms with E-state index in [4.69, 9.17) is 37.8 Å². The van der Waals surface area contributed by atoms with Gasteiger partial charge in [0.25, 0.3) is 0 Å². The molecule has 2 atom stereocenters. The van der Waals surface area contributed by atoms with Gasteiger partial charge < -0.3 is 19.7 Å². The number of hydrogen-bond acceptors (Lipinski definition) is 7. The summed E-state index contributed by atoms with van der Waals surface area (Å²) in [7, 11) is 0. The molecule has 0 bridgehead atoms. The molecule has 4 aromatic rings. The third-order valence-electron chi connectivity index (χ3n) is 8.73. The quantitative estimate of drug-likeness (QED) is 0.208. The number of ether oxygens (including phenoxy) is 2. The lowest BCUT2D eigenvalue weighted by Crippen LogP contribution is -2.68. The molecular weight excluding hydrogens is 590 g/mol. The summed E-state index contributed by atoms with van der Waals surface area (Å²) in [5, 5.41) is 10.2. The fourth-order valence-electron chi connectivity index (χ4n) is 6.15. The van der Waals surface area contributed by atoms with Crippen molar-refractivity contribution < 1.29 is 13.9 Å². The number of halogens is 3. The standard InChI is InChI=1S/C32H35Cl2FN6O2/c1-19(30-24(33)15-36-16-25(30)34)43-21-8-9-27-22(11-21)31(39-41(27)29-5-3-4-10-42-29)23-14-37-28(12-26(23)35)40-17-32(2,18-40)38-13-20-6-7-20/h8-9,11-12,14-16,19-20,29,38H,3-7,10,13,17-18H2,1-2H3/t19-,29?/m1/s1. The number of pyridine rings is 2. The highest BCUT2D eigenvalue weighted by Crippen LogP contribution is 2.39. The molecule has 2 saturated heterocycles. The molecule has 3 aliphatic rings. The Hall–Kier alpha value is -2.98. The van der Waals surface area contributed by atoms with Gasteiger partial charge in [-0.05, 0) is 76.6 Å². The minimum atomic E-state index is -0.445. The van der Waals surface area contributed by atoms with E-state index in [2.05, 4.69) is 27.1 Å². The topological polar surface area (TPSA) is 77.3 Å². The van der Waals surface area contributed by atoms with Gasteiger partial charge in [0.2, 0.25) is 0 Å². The van der Waals surface area contributed by atoms with Gasteiger partial charge in [-0.25, -0.2) is 14.1 Å². The van der Waals surface area contributed by atoms with E-state index in [1.165, 1.54) is 18.9 Å². The van der Waals surface area contributed by atoms with Gasteiger partial charge in [-0.2, -0.15) is 5.10 Å². The SMILES string of the molecule is C[C@@H](Oc1ccc2c(c1)c(-c1cnc(N3CC(C)(NCC4CC4)C3)cc1F)nn2C1CCCCO1)c1c(Cl)cncc1Cl. The lowest BCUT2D eigenvalue weighted by molar-refractivity contribution is -0.0365. The van der Waals surface area contributed by atoms with Crippen LogP contribution in [0.4, 0.5) is 10.2 Å². The zero-order chi connectivity index (χ0) is 29.7. The Morgan fingerprint density at radius 2 is 1.91 bits per heavy atom. The number of nitrogens with one attached hydrogen (secondary N) is 1. The molecule has 7 rings (SSSR count). The van der Waals surface area contributed by atoms with Crippen molar-refractivity contribution in [2.24, 2.45) is 5.92 Å². The zero-order valence-corrected chi connectivity index (χ0v) is 25.8. The van der Waals surface area contributed by atoms with Crippen molar-refractivity contribution in [2.75, 3.05) is 31.1 Å². The lowest BCUT2D eigenvalue weighted by atomic mass is 9.92. The first kappa shape index (κ1) is 28.8. The maximum absolute atomic E-state index is 15.9. The monoisotopic (exact) mass is 624 g/mol. The van der Waals surface area contributed by atoms with E-state index >= 15 is 4.39 Å². The van der Waals surface area contributed by atoms with Crippen LogP contribution in [0.1, 0.15) is 63.8 Å². The Balaban J connectivity index is 1.19. The molecule has 2 aliphatic heterocycles. The van der Waals surface area contributed by atoms with Gasteiger partial charge >= 0.3 is 0 Å². The Morgan fingerprint density at radius 1 is 1.12 bits per heavy atom. The van der Waals surface area contributed by atoms with E-state index in [-0.39, 0.29) is 17.6 Å². The van der Waals surface area contributed by atoms with Crippen molar-refractivity contribution in [1.29, 1.82) is 0 Å². The first-order chi connectivity index (χ1) is 20.8. The number of aromatic nitrogens is 4. The van der Waals surface area contributed by atoms with Crippen LogP contribution in [0.2, 0.25) is 10.0 Å². The third kappa shape index (κ3) is 5.80. The highest BCUT2D eigenvalue weighted by atomic mass is 35.5. The zero-order valence-electron chi connectivity index (χ0n) is 24.3. The van der Waals surface area contributed by atoms with Crippen LogP contribution in [-0.4, -0.2) is 51.5 Å². The number of hydrogen-bond donors (Lipinski definition) is 1. The average Bonchev–Trinajstić information content (AvgIpc) is 3.74.